The normalized spacial score (nSPS) is 13.0. The van der Waals surface area contributed by atoms with Crippen molar-refractivity contribution in [3.8, 4) is 0 Å². The van der Waals surface area contributed by atoms with Crippen LogP contribution in [0.4, 0.5) is 0 Å². The van der Waals surface area contributed by atoms with E-state index >= 15 is 0 Å². The third kappa shape index (κ3) is 2.10. The smallest absolute Gasteiger partial charge is 0.111 e. The first-order valence-electron chi connectivity index (χ1n) is 5.65. The molecule has 0 aromatic carbocycles. The number of nitrogens with zero attached hydrogens (tertiary/aromatic N) is 4. The second kappa shape index (κ2) is 4.33. The molecule has 0 amide bonds. The fourth-order valence-electron chi connectivity index (χ4n) is 2.14. The van der Waals surface area contributed by atoms with Gasteiger partial charge in [-0.15, -0.1) is 0 Å². The Labute approximate surface area is 101 Å². The summed E-state index contributed by atoms with van der Waals surface area (Å²) in [7, 11) is 3.82. The van der Waals surface area contributed by atoms with Crippen molar-refractivity contribution in [3.63, 3.8) is 0 Å². The minimum atomic E-state index is -0.551. The van der Waals surface area contributed by atoms with Crippen molar-refractivity contribution in [1.82, 2.24) is 19.3 Å². The molecule has 92 valence electrons. The zero-order valence-electron chi connectivity index (χ0n) is 10.7. The predicted octanol–water partition coefficient (Wildman–Crippen LogP) is 1.05. The van der Waals surface area contributed by atoms with Crippen LogP contribution >= 0.6 is 0 Å². The van der Waals surface area contributed by atoms with Crippen molar-refractivity contribution in [2.75, 3.05) is 0 Å². The largest absolute Gasteiger partial charge is 0.388 e. The van der Waals surface area contributed by atoms with Gasteiger partial charge in [-0.1, -0.05) is 0 Å². The van der Waals surface area contributed by atoms with Gasteiger partial charge in [0.25, 0.3) is 0 Å². The molecule has 0 aliphatic heterocycles. The number of aliphatic hydroxyl groups excluding tert-OH is 1. The van der Waals surface area contributed by atoms with Crippen LogP contribution in [0.15, 0.2) is 12.4 Å². The molecule has 2 heterocycles. The van der Waals surface area contributed by atoms with Crippen LogP contribution in [-0.4, -0.2) is 24.4 Å². The van der Waals surface area contributed by atoms with Gasteiger partial charge >= 0.3 is 0 Å². The van der Waals surface area contributed by atoms with Crippen molar-refractivity contribution >= 4 is 0 Å². The summed E-state index contributed by atoms with van der Waals surface area (Å²) in [6.45, 7) is 3.89. The zero-order chi connectivity index (χ0) is 12.6. The van der Waals surface area contributed by atoms with E-state index in [1.54, 1.807) is 10.9 Å². The van der Waals surface area contributed by atoms with E-state index in [2.05, 4.69) is 10.1 Å². The molecule has 0 spiro atoms. The van der Waals surface area contributed by atoms with Gasteiger partial charge in [-0.3, -0.25) is 4.68 Å². The third-order valence-corrected chi connectivity index (χ3v) is 3.20. The lowest BCUT2D eigenvalue weighted by Gasteiger charge is -2.11. The van der Waals surface area contributed by atoms with E-state index in [1.165, 1.54) is 0 Å². The Hall–Kier alpha value is -1.62. The first-order valence-corrected chi connectivity index (χ1v) is 5.65. The lowest BCUT2D eigenvalue weighted by molar-refractivity contribution is 0.173. The van der Waals surface area contributed by atoms with Crippen LogP contribution in [0.5, 0.6) is 0 Å². The molecule has 0 fully saturated rings. The number of rotatable bonds is 3. The second-order valence-corrected chi connectivity index (χ2v) is 4.38. The maximum absolute atomic E-state index is 10.3. The van der Waals surface area contributed by atoms with Gasteiger partial charge < -0.3 is 9.67 Å². The molecule has 0 bridgehead atoms. The molecule has 2 aromatic heterocycles. The molecule has 1 unspecified atom stereocenters. The molecule has 17 heavy (non-hydrogen) atoms. The summed E-state index contributed by atoms with van der Waals surface area (Å²) in [5, 5.41) is 14.6. The van der Waals surface area contributed by atoms with Crippen LogP contribution in [-0.2, 0) is 20.5 Å². The average Bonchev–Trinajstić information content (AvgIpc) is 2.74. The molecule has 0 aliphatic carbocycles. The number of aliphatic hydroxyl groups is 1. The molecule has 1 N–H and O–H groups in total. The number of imidazole rings is 1. The van der Waals surface area contributed by atoms with Gasteiger partial charge in [0.2, 0.25) is 0 Å². The van der Waals surface area contributed by atoms with Gasteiger partial charge in [0.1, 0.15) is 5.82 Å². The monoisotopic (exact) mass is 234 g/mol. The summed E-state index contributed by atoms with van der Waals surface area (Å²) >= 11 is 0. The van der Waals surface area contributed by atoms with Gasteiger partial charge in [0.05, 0.1) is 11.8 Å². The number of hydrogen-bond donors (Lipinski definition) is 1. The Bertz CT molecular complexity index is 527. The van der Waals surface area contributed by atoms with Crippen LogP contribution in [0.3, 0.4) is 0 Å². The van der Waals surface area contributed by atoms with Crippen LogP contribution in [0, 0.1) is 13.8 Å². The Morgan fingerprint density at radius 3 is 2.53 bits per heavy atom. The molecule has 0 saturated heterocycles. The first-order chi connectivity index (χ1) is 8.00. The van der Waals surface area contributed by atoms with Crippen LogP contribution in [0.25, 0.3) is 0 Å². The van der Waals surface area contributed by atoms with Crippen molar-refractivity contribution in [2.24, 2.45) is 14.1 Å². The number of aryl methyl sites for hydroxylation is 3. The first kappa shape index (κ1) is 11.9. The van der Waals surface area contributed by atoms with E-state index in [4.69, 9.17) is 0 Å². The average molecular weight is 234 g/mol. The van der Waals surface area contributed by atoms with Crippen molar-refractivity contribution in [2.45, 2.75) is 26.4 Å². The maximum atomic E-state index is 10.3. The van der Waals surface area contributed by atoms with E-state index < -0.39 is 6.10 Å². The SMILES string of the molecule is Cc1nn(C)c(C)c1C(O)Cc1nccn1C. The van der Waals surface area contributed by atoms with E-state index in [1.807, 2.05) is 38.7 Å². The molecule has 0 radical (unpaired) electrons. The van der Waals surface area contributed by atoms with Gasteiger partial charge in [0, 0.05) is 44.2 Å². The number of hydrogen-bond acceptors (Lipinski definition) is 3. The van der Waals surface area contributed by atoms with E-state index in [-0.39, 0.29) is 0 Å². The fraction of sp³-hybridized carbons (Fsp3) is 0.500. The fourth-order valence-corrected chi connectivity index (χ4v) is 2.14. The van der Waals surface area contributed by atoms with E-state index in [0.29, 0.717) is 6.42 Å². The summed E-state index contributed by atoms with van der Waals surface area (Å²) in [5.41, 5.74) is 2.80. The molecule has 0 saturated carbocycles. The Balaban J connectivity index is 2.26. The highest BCUT2D eigenvalue weighted by atomic mass is 16.3. The standard InChI is InChI=1S/C12H18N4O/c1-8-12(9(2)16(4)14-8)10(17)7-11-13-5-6-15(11)3/h5-6,10,17H,7H2,1-4H3. The molecular weight excluding hydrogens is 216 g/mol. The minimum absolute atomic E-state index is 0.511. The van der Waals surface area contributed by atoms with Crippen LogP contribution < -0.4 is 0 Å². The topological polar surface area (TPSA) is 55.9 Å². The predicted molar refractivity (Wildman–Crippen MR) is 64.6 cm³/mol. The molecule has 2 rings (SSSR count). The van der Waals surface area contributed by atoms with Gasteiger partial charge in [0.15, 0.2) is 0 Å². The summed E-state index contributed by atoms with van der Waals surface area (Å²) in [6, 6.07) is 0. The summed E-state index contributed by atoms with van der Waals surface area (Å²) in [6.07, 6.45) is 3.58. The molecule has 2 aromatic rings. The lowest BCUT2D eigenvalue weighted by Crippen LogP contribution is -2.08. The summed E-state index contributed by atoms with van der Waals surface area (Å²) < 4.78 is 3.72. The highest BCUT2D eigenvalue weighted by molar-refractivity contribution is 5.27. The van der Waals surface area contributed by atoms with Crippen LogP contribution in [0.2, 0.25) is 0 Å². The maximum Gasteiger partial charge on any atom is 0.111 e. The van der Waals surface area contributed by atoms with Gasteiger partial charge in [-0.2, -0.15) is 5.10 Å². The van der Waals surface area contributed by atoms with Crippen LogP contribution in [0.1, 0.15) is 28.9 Å². The Morgan fingerprint density at radius 1 is 1.35 bits per heavy atom. The quantitative estimate of drug-likeness (QED) is 0.863. The van der Waals surface area contributed by atoms with Crippen molar-refractivity contribution < 1.29 is 5.11 Å². The van der Waals surface area contributed by atoms with Crippen molar-refractivity contribution in [3.05, 3.63) is 35.2 Å². The summed E-state index contributed by atoms with van der Waals surface area (Å²) in [4.78, 5) is 4.22. The molecular formula is C12H18N4O. The Morgan fingerprint density at radius 2 is 2.06 bits per heavy atom. The third-order valence-electron chi connectivity index (χ3n) is 3.20. The van der Waals surface area contributed by atoms with Gasteiger partial charge in [-0.05, 0) is 13.8 Å². The molecule has 0 aliphatic rings. The Kier molecular flexibility index (Phi) is 3.02. The molecule has 5 heteroatoms. The second-order valence-electron chi connectivity index (χ2n) is 4.38. The number of aromatic nitrogens is 4. The lowest BCUT2D eigenvalue weighted by atomic mass is 10.0. The van der Waals surface area contributed by atoms with E-state index in [9.17, 15) is 5.11 Å². The van der Waals surface area contributed by atoms with Gasteiger partial charge in [-0.25, -0.2) is 4.98 Å². The molecule has 1 atom stereocenters. The highest BCUT2D eigenvalue weighted by Crippen LogP contribution is 2.23. The zero-order valence-corrected chi connectivity index (χ0v) is 10.7. The minimum Gasteiger partial charge on any atom is -0.388 e. The van der Waals surface area contributed by atoms with Crippen molar-refractivity contribution in [1.29, 1.82) is 0 Å². The highest BCUT2D eigenvalue weighted by Gasteiger charge is 2.19. The summed E-state index contributed by atoms with van der Waals surface area (Å²) in [5.74, 6) is 0.875. The van der Waals surface area contributed by atoms with E-state index in [0.717, 1.165) is 22.8 Å². The molecule has 5 nitrogen and oxygen atoms in total.